The van der Waals surface area contributed by atoms with Crippen LogP contribution in [0.25, 0.3) is 5.82 Å². The highest BCUT2D eigenvalue weighted by molar-refractivity contribution is 7.80. The first-order valence-electron chi connectivity index (χ1n) is 4.21. The zero-order valence-electron chi connectivity index (χ0n) is 7.68. The summed E-state index contributed by atoms with van der Waals surface area (Å²) in [7, 11) is 0. The van der Waals surface area contributed by atoms with E-state index in [9.17, 15) is 4.79 Å². The van der Waals surface area contributed by atoms with E-state index in [4.69, 9.17) is 18.0 Å². The monoisotopic (exact) mass is 220 g/mol. The molecule has 76 valence electrons. The number of rotatable bonds is 2. The van der Waals surface area contributed by atoms with Gasteiger partial charge in [0.15, 0.2) is 0 Å². The maximum Gasteiger partial charge on any atom is 0.291 e. The minimum atomic E-state index is -0.286. The van der Waals surface area contributed by atoms with Gasteiger partial charge in [0.2, 0.25) is 5.82 Å². The van der Waals surface area contributed by atoms with Crippen LogP contribution in [-0.4, -0.2) is 19.5 Å². The van der Waals surface area contributed by atoms with Crippen molar-refractivity contribution in [2.45, 2.75) is 0 Å². The third kappa shape index (κ3) is 1.66. The fourth-order valence-corrected chi connectivity index (χ4v) is 1.45. The molecule has 2 aromatic rings. The highest BCUT2D eigenvalue weighted by Crippen LogP contribution is 2.05. The highest BCUT2D eigenvalue weighted by Gasteiger charge is 2.08. The van der Waals surface area contributed by atoms with Crippen LogP contribution in [0, 0.1) is 0 Å². The first kappa shape index (κ1) is 9.60. The van der Waals surface area contributed by atoms with Gasteiger partial charge in [0.1, 0.15) is 4.99 Å². The van der Waals surface area contributed by atoms with Crippen molar-refractivity contribution in [2.75, 3.05) is 0 Å². The van der Waals surface area contributed by atoms with Crippen molar-refractivity contribution in [3.8, 4) is 5.82 Å². The Morgan fingerprint density at radius 3 is 3.07 bits per heavy atom. The van der Waals surface area contributed by atoms with Crippen molar-refractivity contribution in [3.05, 3.63) is 46.8 Å². The SMILES string of the molecule is NC(=S)c1cccn1-c1ncc[nH]c1=O. The van der Waals surface area contributed by atoms with E-state index in [2.05, 4.69) is 9.97 Å². The summed E-state index contributed by atoms with van der Waals surface area (Å²) in [6.07, 6.45) is 4.65. The van der Waals surface area contributed by atoms with Crippen LogP contribution < -0.4 is 11.3 Å². The van der Waals surface area contributed by atoms with Crippen molar-refractivity contribution in [2.24, 2.45) is 5.73 Å². The van der Waals surface area contributed by atoms with E-state index in [0.29, 0.717) is 5.69 Å². The summed E-state index contributed by atoms with van der Waals surface area (Å²) >= 11 is 4.86. The fourth-order valence-electron chi connectivity index (χ4n) is 1.28. The second kappa shape index (κ2) is 3.66. The molecular weight excluding hydrogens is 212 g/mol. The van der Waals surface area contributed by atoms with E-state index in [0.717, 1.165) is 0 Å². The minimum absolute atomic E-state index is 0.227. The van der Waals surface area contributed by atoms with Crippen LogP contribution in [0.3, 0.4) is 0 Å². The maximum absolute atomic E-state index is 11.5. The lowest BCUT2D eigenvalue weighted by Gasteiger charge is -2.04. The summed E-state index contributed by atoms with van der Waals surface area (Å²) in [5, 5.41) is 0. The molecule has 0 atom stereocenters. The lowest BCUT2D eigenvalue weighted by molar-refractivity contribution is 0.947. The molecule has 0 amide bonds. The van der Waals surface area contributed by atoms with Crippen LogP contribution >= 0.6 is 12.2 Å². The van der Waals surface area contributed by atoms with Crippen molar-refractivity contribution in [1.82, 2.24) is 14.5 Å². The second-order valence-electron chi connectivity index (χ2n) is 2.87. The maximum atomic E-state index is 11.5. The number of aromatic amines is 1. The van der Waals surface area contributed by atoms with Gasteiger partial charge in [-0.05, 0) is 12.1 Å². The minimum Gasteiger partial charge on any atom is -0.388 e. The van der Waals surface area contributed by atoms with Crippen LogP contribution in [0.4, 0.5) is 0 Å². The first-order valence-corrected chi connectivity index (χ1v) is 4.62. The summed E-state index contributed by atoms with van der Waals surface area (Å²) in [5.41, 5.74) is 5.82. The average molecular weight is 220 g/mol. The van der Waals surface area contributed by atoms with Crippen molar-refractivity contribution in [3.63, 3.8) is 0 Å². The largest absolute Gasteiger partial charge is 0.388 e. The zero-order valence-corrected chi connectivity index (χ0v) is 8.49. The van der Waals surface area contributed by atoms with Gasteiger partial charge in [-0.15, -0.1) is 0 Å². The Morgan fingerprint density at radius 1 is 1.60 bits per heavy atom. The summed E-state index contributed by atoms with van der Waals surface area (Å²) < 4.78 is 1.56. The standard InChI is InChI=1S/C9H8N4OS/c10-7(15)6-2-1-5-13(6)8-9(14)12-4-3-11-8/h1-5H,(H2,10,15)(H,12,14). The van der Waals surface area contributed by atoms with E-state index < -0.39 is 0 Å². The Morgan fingerprint density at radius 2 is 2.40 bits per heavy atom. The lowest BCUT2D eigenvalue weighted by atomic mass is 10.4. The number of hydrogen-bond acceptors (Lipinski definition) is 3. The number of hydrogen-bond donors (Lipinski definition) is 2. The van der Waals surface area contributed by atoms with Gasteiger partial charge in [0.25, 0.3) is 5.56 Å². The molecule has 0 bridgehead atoms. The zero-order chi connectivity index (χ0) is 10.8. The Hall–Kier alpha value is -1.95. The van der Waals surface area contributed by atoms with Crippen LogP contribution in [-0.2, 0) is 0 Å². The Balaban J connectivity index is 2.65. The normalized spacial score (nSPS) is 10.1. The van der Waals surface area contributed by atoms with Gasteiger partial charge in [-0.2, -0.15) is 0 Å². The smallest absolute Gasteiger partial charge is 0.291 e. The van der Waals surface area contributed by atoms with Gasteiger partial charge in [0, 0.05) is 18.6 Å². The Kier molecular flexibility index (Phi) is 2.34. The molecule has 3 N–H and O–H groups in total. The molecular formula is C9H8N4OS. The predicted octanol–water partition coefficient (Wildman–Crippen LogP) is 0.195. The molecule has 5 nitrogen and oxygen atoms in total. The van der Waals surface area contributed by atoms with Gasteiger partial charge < -0.3 is 10.7 Å². The topological polar surface area (TPSA) is 76.7 Å². The van der Waals surface area contributed by atoms with Crippen LogP contribution in [0.15, 0.2) is 35.5 Å². The molecule has 6 heteroatoms. The molecule has 0 aromatic carbocycles. The highest BCUT2D eigenvalue weighted by atomic mass is 32.1. The number of H-pyrrole nitrogens is 1. The van der Waals surface area contributed by atoms with Crippen LogP contribution in [0.1, 0.15) is 5.69 Å². The predicted molar refractivity (Wildman–Crippen MR) is 60.1 cm³/mol. The summed E-state index contributed by atoms with van der Waals surface area (Å²) in [5.74, 6) is 0.255. The second-order valence-corrected chi connectivity index (χ2v) is 3.31. The number of nitrogens with zero attached hydrogens (tertiary/aromatic N) is 2. The number of nitrogens with two attached hydrogens (primary N) is 1. The van der Waals surface area contributed by atoms with Crippen LogP contribution in [0.2, 0.25) is 0 Å². The van der Waals surface area contributed by atoms with Crippen molar-refractivity contribution < 1.29 is 0 Å². The number of aromatic nitrogens is 3. The third-order valence-electron chi connectivity index (χ3n) is 1.92. The molecule has 0 radical (unpaired) electrons. The van der Waals surface area contributed by atoms with Gasteiger partial charge in [-0.25, -0.2) is 4.98 Å². The Labute approximate surface area is 90.6 Å². The van der Waals surface area contributed by atoms with E-state index >= 15 is 0 Å². The van der Waals surface area contributed by atoms with E-state index in [1.807, 2.05) is 0 Å². The van der Waals surface area contributed by atoms with Gasteiger partial charge >= 0.3 is 0 Å². The summed E-state index contributed by atoms with van der Waals surface area (Å²) in [6, 6.07) is 3.49. The summed E-state index contributed by atoms with van der Waals surface area (Å²) in [6.45, 7) is 0. The molecule has 0 saturated heterocycles. The summed E-state index contributed by atoms with van der Waals surface area (Å²) in [4.78, 5) is 18.2. The van der Waals surface area contributed by atoms with E-state index in [-0.39, 0.29) is 16.4 Å². The van der Waals surface area contributed by atoms with E-state index in [1.165, 1.54) is 12.4 Å². The van der Waals surface area contributed by atoms with Crippen molar-refractivity contribution in [1.29, 1.82) is 0 Å². The Bertz CT molecular complexity index is 557. The van der Waals surface area contributed by atoms with Crippen molar-refractivity contribution >= 4 is 17.2 Å². The molecule has 2 aromatic heterocycles. The molecule has 0 aliphatic rings. The number of nitrogens with one attached hydrogen (secondary N) is 1. The molecule has 0 spiro atoms. The third-order valence-corrected chi connectivity index (χ3v) is 2.13. The average Bonchev–Trinajstić information content (AvgIpc) is 2.67. The quantitative estimate of drug-likeness (QED) is 0.708. The van der Waals surface area contributed by atoms with Gasteiger partial charge in [-0.3, -0.25) is 9.36 Å². The number of thiocarbonyl (C=S) groups is 1. The van der Waals surface area contributed by atoms with Gasteiger partial charge in [0.05, 0.1) is 5.69 Å². The van der Waals surface area contributed by atoms with Gasteiger partial charge in [-0.1, -0.05) is 12.2 Å². The molecule has 2 heterocycles. The van der Waals surface area contributed by atoms with Crippen LogP contribution in [0.5, 0.6) is 0 Å². The van der Waals surface area contributed by atoms with E-state index in [1.54, 1.807) is 22.9 Å². The molecule has 15 heavy (non-hydrogen) atoms. The molecule has 0 aliphatic heterocycles. The molecule has 0 unspecified atom stereocenters. The first-order chi connectivity index (χ1) is 7.20. The molecule has 0 fully saturated rings. The molecule has 0 saturated carbocycles. The fraction of sp³-hybridized carbons (Fsp3) is 0. The lowest BCUT2D eigenvalue weighted by Crippen LogP contribution is -2.21. The molecule has 0 aliphatic carbocycles. The molecule has 2 rings (SSSR count).